The first-order chi connectivity index (χ1) is 7.58. The van der Waals surface area contributed by atoms with Gasteiger partial charge >= 0.3 is 0 Å². The molecule has 1 fully saturated rings. The van der Waals surface area contributed by atoms with E-state index in [0.717, 1.165) is 23.9 Å². The van der Waals surface area contributed by atoms with E-state index in [2.05, 4.69) is 15.9 Å². The zero-order valence-corrected chi connectivity index (χ0v) is 10.9. The molecule has 4 nitrogen and oxygen atoms in total. The van der Waals surface area contributed by atoms with Gasteiger partial charge in [-0.1, -0.05) is 0 Å². The monoisotopic (exact) mass is 285 g/mol. The summed E-state index contributed by atoms with van der Waals surface area (Å²) in [6, 6.07) is 1.98. The first kappa shape index (κ1) is 11.7. The number of carbonyl (C=O) groups is 1. The van der Waals surface area contributed by atoms with Crippen LogP contribution in [0.4, 0.5) is 0 Å². The van der Waals surface area contributed by atoms with Crippen molar-refractivity contribution in [1.29, 1.82) is 0 Å². The molecule has 0 aliphatic carbocycles. The van der Waals surface area contributed by atoms with Crippen LogP contribution in [0.2, 0.25) is 0 Å². The van der Waals surface area contributed by atoms with Crippen molar-refractivity contribution in [2.45, 2.75) is 18.9 Å². The molecule has 1 amide bonds. The van der Waals surface area contributed by atoms with Crippen molar-refractivity contribution in [2.75, 3.05) is 13.1 Å². The number of likely N-dealkylation sites (tertiary alicyclic amines) is 1. The van der Waals surface area contributed by atoms with E-state index >= 15 is 0 Å². The lowest BCUT2D eigenvalue weighted by Crippen LogP contribution is -2.46. The van der Waals surface area contributed by atoms with E-state index in [-0.39, 0.29) is 11.9 Å². The molecule has 0 bridgehead atoms. The Balaban J connectivity index is 2.15. The minimum absolute atomic E-state index is 0.0725. The molecule has 2 rings (SSSR count). The van der Waals surface area contributed by atoms with Crippen LogP contribution in [-0.2, 0) is 7.05 Å². The van der Waals surface area contributed by atoms with Crippen LogP contribution in [0.1, 0.15) is 23.3 Å². The van der Waals surface area contributed by atoms with Crippen LogP contribution >= 0.6 is 15.9 Å². The van der Waals surface area contributed by atoms with Gasteiger partial charge in [-0.15, -0.1) is 0 Å². The Morgan fingerprint density at radius 1 is 1.62 bits per heavy atom. The lowest BCUT2D eigenvalue weighted by Gasteiger charge is -2.30. The normalized spacial score (nSPS) is 21.2. The SMILES string of the molecule is Cn1cc(Br)cc1C(=O)N1CCC[C@@H](N)C1. The largest absolute Gasteiger partial charge is 0.345 e. The second-order valence-corrected chi connectivity index (χ2v) is 5.22. The van der Waals surface area contributed by atoms with Gasteiger partial charge in [0.2, 0.25) is 0 Å². The fourth-order valence-electron chi connectivity index (χ4n) is 2.09. The summed E-state index contributed by atoms with van der Waals surface area (Å²) in [6.45, 7) is 1.48. The highest BCUT2D eigenvalue weighted by Crippen LogP contribution is 2.17. The minimum atomic E-state index is 0.0725. The van der Waals surface area contributed by atoms with E-state index in [1.165, 1.54) is 0 Å². The van der Waals surface area contributed by atoms with Crippen LogP contribution in [0.3, 0.4) is 0 Å². The lowest BCUT2D eigenvalue weighted by atomic mass is 10.1. The molecule has 0 spiro atoms. The van der Waals surface area contributed by atoms with E-state index in [1.807, 2.05) is 28.8 Å². The average Bonchev–Trinajstić information content (AvgIpc) is 2.57. The van der Waals surface area contributed by atoms with Gasteiger partial charge < -0.3 is 15.2 Å². The summed E-state index contributed by atoms with van der Waals surface area (Å²) < 4.78 is 2.77. The van der Waals surface area contributed by atoms with Gasteiger partial charge in [-0.05, 0) is 34.8 Å². The number of aromatic nitrogens is 1. The highest BCUT2D eigenvalue weighted by atomic mass is 79.9. The predicted molar refractivity (Wildman–Crippen MR) is 66.2 cm³/mol. The van der Waals surface area contributed by atoms with Crippen LogP contribution in [0, 0.1) is 0 Å². The molecular weight excluding hydrogens is 270 g/mol. The fraction of sp³-hybridized carbons (Fsp3) is 0.545. The average molecular weight is 286 g/mol. The summed E-state index contributed by atoms with van der Waals surface area (Å²) >= 11 is 3.37. The maximum atomic E-state index is 12.2. The number of rotatable bonds is 1. The van der Waals surface area contributed by atoms with Crippen molar-refractivity contribution in [3.05, 3.63) is 22.4 Å². The molecule has 1 atom stereocenters. The highest BCUT2D eigenvalue weighted by molar-refractivity contribution is 9.10. The van der Waals surface area contributed by atoms with Gasteiger partial charge in [-0.2, -0.15) is 0 Å². The van der Waals surface area contributed by atoms with E-state index in [4.69, 9.17) is 5.73 Å². The number of hydrogen-bond donors (Lipinski definition) is 1. The number of hydrogen-bond acceptors (Lipinski definition) is 2. The van der Waals surface area contributed by atoms with Gasteiger partial charge in [-0.25, -0.2) is 0 Å². The Morgan fingerprint density at radius 3 is 2.94 bits per heavy atom. The van der Waals surface area contributed by atoms with Gasteiger partial charge in [0.25, 0.3) is 5.91 Å². The zero-order valence-electron chi connectivity index (χ0n) is 9.32. The van der Waals surface area contributed by atoms with Crippen molar-refractivity contribution < 1.29 is 4.79 Å². The molecule has 1 aliphatic rings. The molecule has 16 heavy (non-hydrogen) atoms. The van der Waals surface area contributed by atoms with Gasteiger partial charge in [0.05, 0.1) is 0 Å². The van der Waals surface area contributed by atoms with E-state index < -0.39 is 0 Å². The molecule has 1 saturated heterocycles. The van der Waals surface area contributed by atoms with Crippen molar-refractivity contribution in [2.24, 2.45) is 12.8 Å². The third-order valence-corrected chi connectivity index (χ3v) is 3.37. The third-order valence-electron chi connectivity index (χ3n) is 2.94. The highest BCUT2D eigenvalue weighted by Gasteiger charge is 2.23. The summed E-state index contributed by atoms with van der Waals surface area (Å²) in [4.78, 5) is 14.1. The summed E-state index contributed by atoms with van der Waals surface area (Å²) in [5.41, 5.74) is 6.58. The Labute approximate surface area is 104 Å². The smallest absolute Gasteiger partial charge is 0.270 e. The molecule has 0 saturated carbocycles. The molecule has 0 aromatic carbocycles. The number of piperidine rings is 1. The van der Waals surface area contributed by atoms with E-state index in [9.17, 15) is 4.79 Å². The van der Waals surface area contributed by atoms with Crippen LogP contribution in [0.25, 0.3) is 0 Å². The van der Waals surface area contributed by atoms with Crippen LogP contribution in [0.5, 0.6) is 0 Å². The van der Waals surface area contributed by atoms with E-state index in [0.29, 0.717) is 12.2 Å². The molecular formula is C11H16BrN3O. The molecule has 88 valence electrons. The fourth-order valence-corrected chi connectivity index (χ4v) is 2.62. The second kappa shape index (κ2) is 4.59. The summed E-state index contributed by atoms with van der Waals surface area (Å²) in [5.74, 6) is 0.0725. The van der Waals surface area contributed by atoms with Gasteiger partial charge in [0, 0.05) is 36.8 Å². The molecule has 0 unspecified atom stereocenters. The molecule has 1 aliphatic heterocycles. The third kappa shape index (κ3) is 2.30. The Morgan fingerprint density at radius 2 is 2.38 bits per heavy atom. The van der Waals surface area contributed by atoms with Crippen LogP contribution < -0.4 is 5.73 Å². The quantitative estimate of drug-likeness (QED) is 0.847. The number of aryl methyl sites for hydroxylation is 1. The van der Waals surface area contributed by atoms with Crippen molar-refractivity contribution in [3.8, 4) is 0 Å². The van der Waals surface area contributed by atoms with Crippen LogP contribution in [0.15, 0.2) is 16.7 Å². The number of carbonyl (C=O) groups excluding carboxylic acids is 1. The molecule has 0 radical (unpaired) electrons. The first-order valence-corrected chi connectivity index (χ1v) is 6.24. The first-order valence-electron chi connectivity index (χ1n) is 5.44. The lowest BCUT2D eigenvalue weighted by molar-refractivity contribution is 0.0699. The van der Waals surface area contributed by atoms with Crippen molar-refractivity contribution >= 4 is 21.8 Å². The maximum absolute atomic E-state index is 12.2. The molecule has 1 aromatic rings. The standard InChI is InChI=1S/C11H16BrN3O/c1-14-6-8(12)5-10(14)11(16)15-4-2-3-9(13)7-15/h5-6,9H,2-4,7,13H2,1H3/t9-/m1/s1. The second-order valence-electron chi connectivity index (χ2n) is 4.31. The van der Waals surface area contributed by atoms with Gasteiger partial charge in [0.15, 0.2) is 0 Å². The molecule has 2 heterocycles. The summed E-state index contributed by atoms with van der Waals surface area (Å²) in [6.07, 6.45) is 3.90. The number of nitrogens with two attached hydrogens (primary N) is 1. The Bertz CT molecular complexity index is 402. The van der Waals surface area contributed by atoms with Gasteiger partial charge in [-0.3, -0.25) is 4.79 Å². The number of nitrogens with zero attached hydrogens (tertiary/aromatic N) is 2. The maximum Gasteiger partial charge on any atom is 0.270 e. The number of amides is 1. The van der Waals surface area contributed by atoms with Crippen molar-refractivity contribution in [1.82, 2.24) is 9.47 Å². The Kier molecular flexibility index (Phi) is 3.35. The molecule has 5 heteroatoms. The molecule has 2 N–H and O–H groups in total. The minimum Gasteiger partial charge on any atom is -0.345 e. The van der Waals surface area contributed by atoms with Gasteiger partial charge in [0.1, 0.15) is 5.69 Å². The summed E-state index contributed by atoms with van der Waals surface area (Å²) in [7, 11) is 1.88. The van der Waals surface area contributed by atoms with Crippen LogP contribution in [-0.4, -0.2) is 34.5 Å². The number of halogens is 1. The van der Waals surface area contributed by atoms with E-state index in [1.54, 1.807) is 0 Å². The molecule has 1 aromatic heterocycles. The Hall–Kier alpha value is -0.810. The summed E-state index contributed by atoms with van der Waals surface area (Å²) in [5, 5.41) is 0. The topological polar surface area (TPSA) is 51.3 Å². The zero-order chi connectivity index (χ0) is 11.7. The van der Waals surface area contributed by atoms with Crippen molar-refractivity contribution in [3.63, 3.8) is 0 Å². The predicted octanol–water partition coefficient (Wildman–Crippen LogP) is 1.35.